The number of ether oxygens (including phenoxy) is 1. The zero-order chi connectivity index (χ0) is 16.1. The quantitative estimate of drug-likeness (QED) is 0.903. The zero-order valence-electron chi connectivity index (χ0n) is 12.8. The molecule has 0 saturated carbocycles. The molecule has 0 unspecified atom stereocenters. The fourth-order valence-corrected chi connectivity index (χ4v) is 2.71. The van der Waals surface area contributed by atoms with Gasteiger partial charge in [-0.3, -0.25) is 9.59 Å². The molecule has 0 aromatic heterocycles. The van der Waals surface area contributed by atoms with Crippen LogP contribution in [-0.2, 0) is 14.3 Å². The molecule has 0 spiro atoms. The maximum atomic E-state index is 12.4. The molecular formula is C16H21ClN2O3. The Bertz CT molecular complexity index is 548. The van der Waals surface area contributed by atoms with Gasteiger partial charge in [0, 0.05) is 23.7 Å². The van der Waals surface area contributed by atoms with Crippen molar-refractivity contribution in [3.05, 3.63) is 34.9 Å². The van der Waals surface area contributed by atoms with Crippen LogP contribution in [0.15, 0.2) is 24.3 Å². The van der Waals surface area contributed by atoms with Crippen LogP contribution in [0.25, 0.3) is 0 Å². The second kappa shape index (κ2) is 7.61. The van der Waals surface area contributed by atoms with Gasteiger partial charge < -0.3 is 15.0 Å². The lowest BCUT2D eigenvalue weighted by Gasteiger charge is -2.35. The van der Waals surface area contributed by atoms with Crippen molar-refractivity contribution in [2.45, 2.75) is 32.4 Å². The van der Waals surface area contributed by atoms with Gasteiger partial charge in [0.05, 0.1) is 19.1 Å². The third-order valence-electron chi connectivity index (χ3n) is 3.50. The monoisotopic (exact) mass is 324 g/mol. The summed E-state index contributed by atoms with van der Waals surface area (Å²) in [6.07, 6.45) is 0.337. The van der Waals surface area contributed by atoms with Crippen LogP contribution in [0.5, 0.6) is 0 Å². The van der Waals surface area contributed by atoms with E-state index in [1.807, 2.05) is 19.9 Å². The van der Waals surface area contributed by atoms with E-state index in [0.29, 0.717) is 30.3 Å². The smallest absolute Gasteiger partial charge is 0.247 e. The first-order chi connectivity index (χ1) is 10.5. The van der Waals surface area contributed by atoms with Gasteiger partial charge in [0.1, 0.15) is 6.04 Å². The number of hydrogen-bond acceptors (Lipinski definition) is 3. The molecule has 2 rings (SSSR count). The number of amides is 2. The highest BCUT2D eigenvalue weighted by Gasteiger charge is 2.35. The SMILES string of the molecule is CC(C)OCCC(=O)N1CCNC(=O)[C@@H]1c1ccccc1Cl. The molecule has 6 heteroatoms. The van der Waals surface area contributed by atoms with Gasteiger partial charge in [-0.05, 0) is 19.9 Å². The average Bonchev–Trinajstić information content (AvgIpc) is 2.47. The summed E-state index contributed by atoms with van der Waals surface area (Å²) < 4.78 is 5.42. The van der Waals surface area contributed by atoms with Gasteiger partial charge in [0.2, 0.25) is 11.8 Å². The number of rotatable bonds is 5. The molecule has 120 valence electrons. The summed E-state index contributed by atoms with van der Waals surface area (Å²) in [5.41, 5.74) is 0.652. The predicted octanol–water partition coefficient (Wildman–Crippen LogP) is 2.15. The maximum absolute atomic E-state index is 12.4. The van der Waals surface area contributed by atoms with E-state index in [2.05, 4.69) is 5.32 Å². The lowest BCUT2D eigenvalue weighted by Crippen LogP contribution is -2.52. The van der Waals surface area contributed by atoms with Crippen molar-refractivity contribution in [2.75, 3.05) is 19.7 Å². The Balaban J connectivity index is 2.15. The molecule has 5 nitrogen and oxygen atoms in total. The Kier molecular flexibility index (Phi) is 5.80. The number of piperazine rings is 1. The van der Waals surface area contributed by atoms with Gasteiger partial charge in [0.15, 0.2) is 0 Å². The summed E-state index contributed by atoms with van der Waals surface area (Å²) in [7, 11) is 0. The minimum atomic E-state index is -0.672. The van der Waals surface area contributed by atoms with Crippen LogP contribution in [0.4, 0.5) is 0 Å². The molecule has 0 aliphatic carbocycles. The molecule has 22 heavy (non-hydrogen) atoms. The number of benzene rings is 1. The topological polar surface area (TPSA) is 58.6 Å². The minimum absolute atomic E-state index is 0.0804. The molecule has 1 saturated heterocycles. The summed E-state index contributed by atoms with van der Waals surface area (Å²) in [5, 5.41) is 3.28. The van der Waals surface area contributed by atoms with E-state index in [1.165, 1.54) is 0 Å². The summed E-state index contributed by atoms with van der Waals surface area (Å²) in [4.78, 5) is 26.3. The number of carbonyl (C=O) groups excluding carboxylic acids is 2. The number of nitrogens with zero attached hydrogens (tertiary/aromatic N) is 1. The average molecular weight is 325 g/mol. The molecule has 1 aliphatic rings. The number of halogens is 1. The molecule has 1 atom stereocenters. The minimum Gasteiger partial charge on any atom is -0.378 e. The van der Waals surface area contributed by atoms with Gasteiger partial charge in [0.25, 0.3) is 0 Å². The third-order valence-corrected chi connectivity index (χ3v) is 3.84. The van der Waals surface area contributed by atoms with Gasteiger partial charge in [-0.2, -0.15) is 0 Å². The highest BCUT2D eigenvalue weighted by Crippen LogP contribution is 2.29. The highest BCUT2D eigenvalue weighted by molar-refractivity contribution is 6.31. The summed E-state index contributed by atoms with van der Waals surface area (Å²) in [6, 6.07) is 6.45. The van der Waals surface area contributed by atoms with E-state index in [-0.39, 0.29) is 24.3 Å². The van der Waals surface area contributed by atoms with Crippen molar-refractivity contribution in [1.82, 2.24) is 10.2 Å². The van der Waals surface area contributed by atoms with Crippen molar-refractivity contribution in [1.29, 1.82) is 0 Å². The summed E-state index contributed by atoms with van der Waals surface area (Å²) >= 11 is 6.20. The molecule has 1 aromatic rings. The molecular weight excluding hydrogens is 304 g/mol. The molecule has 0 bridgehead atoms. The van der Waals surface area contributed by atoms with E-state index in [4.69, 9.17) is 16.3 Å². The Morgan fingerprint density at radius 1 is 1.45 bits per heavy atom. The molecule has 2 amide bonds. The molecule has 1 fully saturated rings. The van der Waals surface area contributed by atoms with Gasteiger partial charge in [-0.25, -0.2) is 0 Å². The van der Waals surface area contributed by atoms with Gasteiger partial charge in [-0.15, -0.1) is 0 Å². The summed E-state index contributed by atoms with van der Waals surface area (Å²) in [6.45, 7) is 5.12. The number of carbonyl (C=O) groups is 2. The second-order valence-corrected chi connectivity index (χ2v) is 5.88. The van der Waals surface area contributed by atoms with Crippen LogP contribution in [0.2, 0.25) is 5.02 Å². The van der Waals surface area contributed by atoms with Crippen LogP contribution >= 0.6 is 11.6 Å². The third kappa shape index (κ3) is 3.99. The number of hydrogen-bond donors (Lipinski definition) is 1. The van der Waals surface area contributed by atoms with Crippen molar-refractivity contribution >= 4 is 23.4 Å². The van der Waals surface area contributed by atoms with Gasteiger partial charge in [-0.1, -0.05) is 29.8 Å². The van der Waals surface area contributed by atoms with Crippen LogP contribution in [-0.4, -0.2) is 42.5 Å². The van der Waals surface area contributed by atoms with Crippen LogP contribution in [0.1, 0.15) is 31.9 Å². The van der Waals surface area contributed by atoms with Crippen LogP contribution in [0.3, 0.4) is 0 Å². The zero-order valence-corrected chi connectivity index (χ0v) is 13.6. The van der Waals surface area contributed by atoms with Crippen molar-refractivity contribution in [2.24, 2.45) is 0 Å². The Morgan fingerprint density at radius 2 is 2.18 bits per heavy atom. The van der Waals surface area contributed by atoms with E-state index >= 15 is 0 Å². The summed E-state index contributed by atoms with van der Waals surface area (Å²) in [5.74, 6) is -0.294. The van der Waals surface area contributed by atoms with E-state index in [9.17, 15) is 9.59 Å². The van der Waals surface area contributed by atoms with Crippen LogP contribution in [0, 0.1) is 0 Å². The molecule has 1 aromatic carbocycles. The molecule has 1 aliphatic heterocycles. The largest absolute Gasteiger partial charge is 0.378 e. The standard InChI is InChI=1S/C16H21ClN2O3/c1-11(2)22-10-7-14(20)19-9-8-18-16(21)15(19)12-5-3-4-6-13(12)17/h3-6,11,15H,7-10H2,1-2H3,(H,18,21)/t15-/m0/s1. The van der Waals surface area contributed by atoms with E-state index in [0.717, 1.165) is 0 Å². The number of nitrogens with one attached hydrogen (secondary N) is 1. The Labute approximate surface area is 135 Å². The molecule has 1 N–H and O–H groups in total. The van der Waals surface area contributed by atoms with E-state index < -0.39 is 6.04 Å². The molecule has 1 heterocycles. The highest BCUT2D eigenvalue weighted by atomic mass is 35.5. The first-order valence-corrected chi connectivity index (χ1v) is 7.81. The lowest BCUT2D eigenvalue weighted by molar-refractivity contribution is -0.144. The fourth-order valence-electron chi connectivity index (χ4n) is 2.47. The van der Waals surface area contributed by atoms with Crippen molar-refractivity contribution in [3.8, 4) is 0 Å². The van der Waals surface area contributed by atoms with E-state index in [1.54, 1.807) is 23.1 Å². The second-order valence-electron chi connectivity index (χ2n) is 5.47. The predicted molar refractivity (Wildman–Crippen MR) is 84.6 cm³/mol. The maximum Gasteiger partial charge on any atom is 0.247 e. The fraction of sp³-hybridized carbons (Fsp3) is 0.500. The first-order valence-electron chi connectivity index (χ1n) is 7.44. The van der Waals surface area contributed by atoms with Gasteiger partial charge >= 0.3 is 0 Å². The van der Waals surface area contributed by atoms with Crippen molar-refractivity contribution < 1.29 is 14.3 Å². The Morgan fingerprint density at radius 3 is 2.86 bits per heavy atom. The molecule has 0 radical (unpaired) electrons. The Hall–Kier alpha value is -1.59. The lowest BCUT2D eigenvalue weighted by atomic mass is 10.0. The first kappa shape index (κ1) is 16.8. The van der Waals surface area contributed by atoms with Crippen LogP contribution < -0.4 is 5.32 Å². The van der Waals surface area contributed by atoms with Crippen molar-refractivity contribution in [3.63, 3.8) is 0 Å². The normalized spacial score (nSPS) is 18.5.